The number of halogens is 3. The number of hydrogen-bond donors (Lipinski definition) is 3. The van der Waals surface area contributed by atoms with Gasteiger partial charge in [-0.3, -0.25) is 19.4 Å². The number of cyclic esters (lactones) is 3. The van der Waals surface area contributed by atoms with Gasteiger partial charge in [-0.2, -0.15) is 13.2 Å². The van der Waals surface area contributed by atoms with E-state index < -0.39 is 11.7 Å². The van der Waals surface area contributed by atoms with Crippen molar-refractivity contribution in [2.45, 2.75) is 142 Å². The normalized spacial score (nSPS) is 41.3. The van der Waals surface area contributed by atoms with Crippen molar-refractivity contribution in [3.63, 3.8) is 0 Å². The second-order valence-corrected chi connectivity index (χ2v) is 21.5. The monoisotopic (exact) mass is 943 g/mol. The highest BCUT2D eigenvalue weighted by molar-refractivity contribution is 5.79. The molecule has 4 saturated carbocycles. The molecule has 3 saturated heterocycles. The van der Waals surface area contributed by atoms with Crippen LogP contribution in [0.2, 0.25) is 0 Å². The Bertz CT molecular complexity index is 2220. The molecule has 5 unspecified atom stereocenters. The van der Waals surface area contributed by atoms with E-state index in [2.05, 4.69) is 24.9 Å². The number of carbonyl (C=O) groups is 3. The SMILES string of the molecule is C[C@@H]1[C@@H]2[C@@H](C)OC(=O)[C@@H]2C=C2[C@H](O)CCC[C@H]21.C[C@@H]1[C@@H]2[C@@H](C)OC(=O)[C@@H]2C=C2[C@H]1CCC[C@@H]2O.C[C@H]1OC(=O)C2CC3C(O)CCCC3[C@@H](/C=C/c3ccc(-c4cccc(C(F)(F)F)c4)cn3)C21. The molecule has 9 aliphatic rings. The summed E-state index contributed by atoms with van der Waals surface area (Å²) in [5.41, 5.74) is 3.30. The highest BCUT2D eigenvalue weighted by atomic mass is 19.4. The van der Waals surface area contributed by atoms with Crippen molar-refractivity contribution in [3.8, 4) is 11.1 Å². The van der Waals surface area contributed by atoms with Gasteiger partial charge in [0.15, 0.2) is 0 Å². The van der Waals surface area contributed by atoms with Crippen molar-refractivity contribution in [1.82, 2.24) is 4.98 Å². The number of hydrogen-bond acceptors (Lipinski definition) is 10. The van der Waals surface area contributed by atoms with E-state index in [1.54, 1.807) is 24.4 Å². The average Bonchev–Trinajstić information content (AvgIpc) is 3.89. The smallest absolute Gasteiger partial charge is 0.416 e. The number of aliphatic hydroxyl groups excluding tert-OH is 3. The molecule has 0 spiro atoms. The molecule has 4 heterocycles. The van der Waals surface area contributed by atoms with Gasteiger partial charge in [-0.25, -0.2) is 0 Å². The Kier molecular flexibility index (Phi) is 13.9. The quantitative estimate of drug-likeness (QED) is 0.154. The second-order valence-electron chi connectivity index (χ2n) is 21.5. The van der Waals surface area contributed by atoms with E-state index in [1.807, 2.05) is 39.0 Å². The van der Waals surface area contributed by atoms with Gasteiger partial charge in [0, 0.05) is 29.5 Å². The lowest BCUT2D eigenvalue weighted by Crippen LogP contribution is -2.47. The first-order valence-corrected chi connectivity index (χ1v) is 25.3. The van der Waals surface area contributed by atoms with Crippen LogP contribution in [-0.2, 0) is 34.8 Å². The number of allylic oxidation sites excluding steroid dienone is 1. The highest BCUT2D eigenvalue weighted by Gasteiger charge is 2.56. The van der Waals surface area contributed by atoms with E-state index in [0.29, 0.717) is 64.7 Å². The van der Waals surface area contributed by atoms with Crippen LogP contribution >= 0.6 is 0 Å². The Morgan fingerprint density at radius 2 is 1.19 bits per heavy atom. The number of pyridine rings is 1. The Balaban J connectivity index is 0.000000142. The van der Waals surface area contributed by atoms with Crippen molar-refractivity contribution >= 4 is 24.0 Å². The Morgan fingerprint density at radius 3 is 1.75 bits per heavy atom. The number of rotatable bonds is 3. The second kappa shape index (κ2) is 19.5. The first kappa shape index (κ1) is 48.7. The molecular formula is C55H68F3NO9. The van der Waals surface area contributed by atoms with Crippen LogP contribution in [0.25, 0.3) is 17.2 Å². The molecule has 0 bridgehead atoms. The predicted molar refractivity (Wildman–Crippen MR) is 247 cm³/mol. The van der Waals surface area contributed by atoms with Crippen molar-refractivity contribution in [2.75, 3.05) is 0 Å². The maximum absolute atomic E-state index is 13.0. The van der Waals surface area contributed by atoms with Gasteiger partial charge in [0.25, 0.3) is 0 Å². The van der Waals surface area contributed by atoms with E-state index in [-0.39, 0.29) is 90.0 Å². The third-order valence-corrected chi connectivity index (χ3v) is 17.9. The molecule has 1 aromatic carbocycles. The van der Waals surface area contributed by atoms with Gasteiger partial charge in [0.05, 0.1) is 47.3 Å². The molecule has 0 amide bonds. The molecular weight excluding hydrogens is 876 g/mol. The van der Waals surface area contributed by atoms with Crippen LogP contribution in [0.1, 0.15) is 110 Å². The van der Waals surface area contributed by atoms with Gasteiger partial charge < -0.3 is 29.5 Å². The summed E-state index contributed by atoms with van der Waals surface area (Å²) in [5, 5.41) is 30.8. The van der Waals surface area contributed by atoms with Gasteiger partial charge in [-0.15, -0.1) is 0 Å². The highest BCUT2D eigenvalue weighted by Crippen LogP contribution is 2.54. The van der Waals surface area contributed by atoms with Crippen LogP contribution < -0.4 is 0 Å². The number of esters is 3. The van der Waals surface area contributed by atoms with E-state index >= 15 is 0 Å². The lowest BCUT2D eigenvalue weighted by molar-refractivity contribution is -0.145. The van der Waals surface area contributed by atoms with Crippen LogP contribution in [0.5, 0.6) is 0 Å². The molecule has 2 aromatic rings. The fourth-order valence-corrected chi connectivity index (χ4v) is 14.6. The standard InChI is InChI=1S/C27H28F3NO3.2C14H20O3/c1-15-25-21(20-6-3-7-24(32)22(20)13-23(25)26(33)34-15)11-10-19-9-8-17(14-31-19)16-4-2-5-18(12-16)27(28,29)30;2*1-7-9-4-3-5-12(15)10(9)6-11-13(7)8(2)17-14(11)16/h2,4-5,8-12,14-15,20-25,32H,3,6-7,13H2,1H3;2*6-9,11-13,15H,3-5H2,1-2H3/b11-10+;;/t15-,20?,21-,22?,23?,24?,25?;7-,8+,9-,11+,12+,13+;7-,8+,9-,11+,12-,13+/m100/s1. The molecule has 0 radical (unpaired) electrons. The minimum atomic E-state index is -4.39. The summed E-state index contributed by atoms with van der Waals surface area (Å²) in [6.45, 7) is 10.4. The number of fused-ring (bicyclic) bond motifs is 6. The Morgan fingerprint density at radius 1 is 0.632 bits per heavy atom. The molecule has 68 heavy (non-hydrogen) atoms. The zero-order valence-corrected chi connectivity index (χ0v) is 39.8. The summed E-state index contributed by atoms with van der Waals surface area (Å²) < 4.78 is 55.4. The maximum atomic E-state index is 13.0. The van der Waals surface area contributed by atoms with Gasteiger partial charge in [-0.1, -0.05) is 56.7 Å². The number of aliphatic hydroxyl groups is 3. The lowest BCUT2D eigenvalue weighted by Gasteiger charge is -2.47. The first-order valence-electron chi connectivity index (χ1n) is 25.3. The lowest BCUT2D eigenvalue weighted by atomic mass is 9.56. The van der Waals surface area contributed by atoms with Crippen LogP contribution in [-0.4, -0.2) is 74.8 Å². The number of carbonyl (C=O) groups excluding carboxylic acids is 3. The minimum absolute atomic E-state index is 0.0272. The molecule has 6 aliphatic carbocycles. The number of nitrogens with zero attached hydrogens (tertiary/aromatic N) is 1. The fourth-order valence-electron chi connectivity index (χ4n) is 14.6. The number of aromatic nitrogens is 1. The maximum Gasteiger partial charge on any atom is 0.416 e. The molecule has 1 aromatic heterocycles. The summed E-state index contributed by atoms with van der Waals surface area (Å²) in [7, 11) is 0. The minimum Gasteiger partial charge on any atom is -0.462 e. The van der Waals surface area contributed by atoms with E-state index in [9.17, 15) is 42.9 Å². The average molecular weight is 944 g/mol. The topological polar surface area (TPSA) is 152 Å². The van der Waals surface area contributed by atoms with Gasteiger partial charge >= 0.3 is 24.1 Å². The summed E-state index contributed by atoms with van der Waals surface area (Å²) in [6.07, 6.45) is 13.7. The summed E-state index contributed by atoms with van der Waals surface area (Å²) >= 11 is 0. The van der Waals surface area contributed by atoms with Gasteiger partial charge in [0.1, 0.15) is 18.3 Å². The molecule has 13 heteroatoms. The van der Waals surface area contributed by atoms with Gasteiger partial charge in [0.2, 0.25) is 0 Å². The summed E-state index contributed by atoms with van der Waals surface area (Å²) in [6, 6.07) is 8.77. The Hall–Kier alpha value is -4.33. The molecule has 3 aliphatic heterocycles. The van der Waals surface area contributed by atoms with Crippen LogP contribution in [0.3, 0.4) is 0 Å². The van der Waals surface area contributed by atoms with Crippen molar-refractivity contribution in [3.05, 3.63) is 83.2 Å². The largest absolute Gasteiger partial charge is 0.462 e. The number of ether oxygens (including phenoxy) is 3. The molecule has 3 N–H and O–H groups in total. The predicted octanol–water partition coefficient (Wildman–Crippen LogP) is 9.56. The van der Waals surface area contributed by atoms with Crippen molar-refractivity contribution in [2.24, 2.45) is 76.9 Å². The molecule has 7 fully saturated rings. The third kappa shape index (κ3) is 9.25. The zero-order valence-electron chi connectivity index (χ0n) is 39.8. The molecule has 10 nitrogen and oxygen atoms in total. The molecule has 368 valence electrons. The van der Waals surface area contributed by atoms with Crippen molar-refractivity contribution in [1.29, 1.82) is 0 Å². The van der Waals surface area contributed by atoms with Crippen LogP contribution in [0, 0.1) is 76.9 Å². The zero-order chi connectivity index (χ0) is 48.3. The van der Waals surface area contributed by atoms with Crippen LogP contribution in [0.4, 0.5) is 13.2 Å². The van der Waals surface area contributed by atoms with E-state index in [1.165, 1.54) is 6.07 Å². The molecule has 11 rings (SSSR count). The van der Waals surface area contributed by atoms with Crippen molar-refractivity contribution < 1.29 is 57.1 Å². The van der Waals surface area contributed by atoms with E-state index in [4.69, 9.17) is 14.2 Å². The van der Waals surface area contributed by atoms with E-state index in [0.717, 1.165) is 81.1 Å². The summed E-state index contributed by atoms with van der Waals surface area (Å²) in [5.74, 6) is 2.22. The summed E-state index contributed by atoms with van der Waals surface area (Å²) in [4.78, 5) is 40.5. The van der Waals surface area contributed by atoms with Crippen LogP contribution in [0.15, 0.2) is 72.0 Å². The number of benzene rings is 1. The third-order valence-electron chi connectivity index (χ3n) is 17.9. The molecule has 19 atom stereocenters. The number of alkyl halides is 3. The van der Waals surface area contributed by atoms with Gasteiger partial charge in [-0.05, 0) is 161 Å². The first-order chi connectivity index (χ1) is 32.4. The fraction of sp³-hybridized carbons (Fsp3) is 0.636. The Labute approximate surface area is 397 Å².